The van der Waals surface area contributed by atoms with E-state index in [2.05, 4.69) is 15.5 Å². The van der Waals surface area contributed by atoms with Gasteiger partial charge in [0.15, 0.2) is 0 Å². The van der Waals surface area contributed by atoms with E-state index in [4.69, 9.17) is 0 Å². The number of H-pyrrole nitrogens is 1. The van der Waals surface area contributed by atoms with Gasteiger partial charge in [0.1, 0.15) is 11.5 Å². The second-order valence-electron chi connectivity index (χ2n) is 8.31. The number of aromatic nitrogens is 2. The Labute approximate surface area is 190 Å². The molecule has 1 aliphatic heterocycles. The highest BCUT2D eigenvalue weighted by molar-refractivity contribution is 5.93. The molecule has 0 radical (unpaired) electrons. The summed E-state index contributed by atoms with van der Waals surface area (Å²) in [6, 6.07) is 16.8. The second kappa shape index (κ2) is 9.36. The van der Waals surface area contributed by atoms with Gasteiger partial charge >= 0.3 is 0 Å². The lowest BCUT2D eigenvalue weighted by atomic mass is 9.79. The Morgan fingerprint density at radius 3 is 2.61 bits per heavy atom. The van der Waals surface area contributed by atoms with Crippen molar-refractivity contribution in [1.29, 1.82) is 0 Å². The Balaban J connectivity index is 1.59. The molecule has 2 aromatic carbocycles. The molecule has 2 amide bonds. The molecule has 0 saturated carbocycles. The molecule has 0 bridgehead atoms. The maximum absolute atomic E-state index is 13.3. The van der Waals surface area contributed by atoms with E-state index < -0.39 is 5.41 Å². The highest BCUT2D eigenvalue weighted by Gasteiger charge is 2.46. The van der Waals surface area contributed by atoms with Gasteiger partial charge in [0, 0.05) is 25.7 Å². The summed E-state index contributed by atoms with van der Waals surface area (Å²) in [6.07, 6.45) is 0.964. The summed E-state index contributed by atoms with van der Waals surface area (Å²) in [4.78, 5) is 39.0. The van der Waals surface area contributed by atoms with Crippen LogP contribution < -0.4 is 10.9 Å². The first kappa shape index (κ1) is 22.4. The fourth-order valence-corrected chi connectivity index (χ4v) is 4.32. The van der Waals surface area contributed by atoms with Crippen molar-refractivity contribution in [2.75, 3.05) is 19.6 Å². The molecular weight excluding hydrogens is 423 g/mol. The molecule has 1 aliphatic rings. The molecule has 0 unspecified atom stereocenters. The van der Waals surface area contributed by atoms with E-state index in [1.54, 1.807) is 17.0 Å². The van der Waals surface area contributed by atoms with Crippen LogP contribution in [0, 0.1) is 11.2 Å². The van der Waals surface area contributed by atoms with Gasteiger partial charge in [-0.2, -0.15) is 5.10 Å². The van der Waals surface area contributed by atoms with Gasteiger partial charge in [-0.15, -0.1) is 0 Å². The molecule has 0 spiro atoms. The zero-order valence-electron chi connectivity index (χ0n) is 18.3. The fourth-order valence-electron chi connectivity index (χ4n) is 4.32. The maximum Gasteiger partial charge on any atom is 0.274 e. The van der Waals surface area contributed by atoms with Crippen LogP contribution >= 0.6 is 0 Å². The molecule has 1 atom stereocenters. The highest BCUT2D eigenvalue weighted by Crippen LogP contribution is 2.36. The van der Waals surface area contributed by atoms with Gasteiger partial charge in [0.2, 0.25) is 5.91 Å². The number of carbonyl (C=O) groups is 2. The van der Waals surface area contributed by atoms with Crippen LogP contribution in [0.5, 0.6) is 0 Å². The quantitative estimate of drug-likeness (QED) is 0.606. The van der Waals surface area contributed by atoms with Crippen LogP contribution in [0.25, 0.3) is 11.1 Å². The summed E-state index contributed by atoms with van der Waals surface area (Å²) in [5.74, 6) is -0.711. The molecule has 33 heavy (non-hydrogen) atoms. The summed E-state index contributed by atoms with van der Waals surface area (Å²) in [5, 5.41) is 9.03. The van der Waals surface area contributed by atoms with Crippen molar-refractivity contribution in [2.45, 2.75) is 19.8 Å². The van der Waals surface area contributed by atoms with Crippen molar-refractivity contribution >= 4 is 11.8 Å². The largest absolute Gasteiger partial charge is 0.356 e. The summed E-state index contributed by atoms with van der Waals surface area (Å²) in [5.41, 5.74) is 1.75. The van der Waals surface area contributed by atoms with E-state index in [0.29, 0.717) is 25.9 Å². The molecule has 7 nitrogen and oxygen atoms in total. The van der Waals surface area contributed by atoms with Gasteiger partial charge in [-0.25, -0.2) is 9.49 Å². The normalized spacial score (nSPS) is 17.7. The molecule has 8 heteroatoms. The third-order valence-corrected chi connectivity index (χ3v) is 6.01. The predicted molar refractivity (Wildman–Crippen MR) is 122 cm³/mol. The monoisotopic (exact) mass is 448 g/mol. The summed E-state index contributed by atoms with van der Waals surface area (Å²) < 4.78 is 13.3. The minimum atomic E-state index is -0.782. The average Bonchev–Trinajstić information content (AvgIpc) is 3.25. The van der Waals surface area contributed by atoms with Crippen molar-refractivity contribution in [3.8, 4) is 11.1 Å². The average molecular weight is 448 g/mol. The fraction of sp³-hybridized carbons (Fsp3) is 0.280. The lowest BCUT2D eigenvalue weighted by molar-refractivity contribution is -0.130. The molecule has 2 N–H and O–H groups in total. The van der Waals surface area contributed by atoms with Gasteiger partial charge < -0.3 is 10.2 Å². The zero-order chi connectivity index (χ0) is 23.4. The van der Waals surface area contributed by atoms with Crippen molar-refractivity contribution in [2.24, 2.45) is 5.41 Å². The van der Waals surface area contributed by atoms with Crippen LogP contribution in [0.3, 0.4) is 0 Å². The molecule has 2 heterocycles. The Kier molecular flexibility index (Phi) is 6.35. The number of hydrogen-bond donors (Lipinski definition) is 2. The first-order valence-electron chi connectivity index (χ1n) is 10.9. The van der Waals surface area contributed by atoms with E-state index in [1.807, 2.05) is 31.2 Å². The summed E-state index contributed by atoms with van der Waals surface area (Å²) in [6.45, 7) is 3.02. The Morgan fingerprint density at radius 2 is 1.91 bits per heavy atom. The van der Waals surface area contributed by atoms with Crippen molar-refractivity contribution in [3.05, 3.63) is 88.1 Å². The van der Waals surface area contributed by atoms with Gasteiger partial charge in [-0.1, -0.05) is 36.4 Å². The molecule has 0 aliphatic carbocycles. The Bertz CT molecular complexity index is 1200. The van der Waals surface area contributed by atoms with E-state index in [0.717, 1.165) is 16.7 Å². The third-order valence-electron chi connectivity index (χ3n) is 6.01. The number of likely N-dealkylation sites (tertiary alicyclic amines) is 1. The first-order chi connectivity index (χ1) is 15.9. The number of benzene rings is 2. The van der Waals surface area contributed by atoms with E-state index in [9.17, 15) is 18.8 Å². The number of halogens is 1. The molecule has 3 aromatic rings. The molecule has 1 fully saturated rings. The number of rotatable bonds is 6. The number of nitrogens with zero attached hydrogens (tertiary/aromatic N) is 2. The van der Waals surface area contributed by atoms with E-state index in [-0.39, 0.29) is 35.4 Å². The number of hydrogen-bond acceptors (Lipinski definition) is 4. The third kappa shape index (κ3) is 4.84. The highest BCUT2D eigenvalue weighted by atomic mass is 19.1. The molecule has 170 valence electrons. The molecule has 4 rings (SSSR count). The smallest absolute Gasteiger partial charge is 0.274 e. The number of aromatic amines is 1. The van der Waals surface area contributed by atoms with Gasteiger partial charge in [0.05, 0.1) is 5.41 Å². The van der Waals surface area contributed by atoms with Crippen LogP contribution in [0.1, 0.15) is 29.4 Å². The summed E-state index contributed by atoms with van der Waals surface area (Å²) >= 11 is 0. The number of amides is 2. The number of nitrogens with one attached hydrogen (secondary N) is 2. The van der Waals surface area contributed by atoms with E-state index in [1.165, 1.54) is 24.3 Å². The van der Waals surface area contributed by atoms with Crippen LogP contribution in [0.4, 0.5) is 4.39 Å². The number of carbonyl (C=O) groups excluding carboxylic acids is 2. The second-order valence-corrected chi connectivity index (χ2v) is 8.31. The molecular formula is C25H25FN4O3. The lowest BCUT2D eigenvalue weighted by Gasteiger charge is -2.28. The van der Waals surface area contributed by atoms with Crippen molar-refractivity contribution in [1.82, 2.24) is 20.4 Å². The topological polar surface area (TPSA) is 95.2 Å². The van der Waals surface area contributed by atoms with Crippen LogP contribution in [-0.4, -0.2) is 46.5 Å². The minimum absolute atomic E-state index is 0.0955. The SMILES string of the molecule is CCNC(=O)[C@]1(Cc2cccc(-c3ccc(F)cc3)c2)CCN(C(=O)c2ccc(=O)[nH]n2)C1. The van der Waals surface area contributed by atoms with Gasteiger partial charge in [-0.3, -0.25) is 14.4 Å². The van der Waals surface area contributed by atoms with Crippen LogP contribution in [0.15, 0.2) is 65.5 Å². The molecule has 1 saturated heterocycles. The standard InChI is InChI=1S/C25H25FN4O3/c1-2-27-24(33)25(12-13-30(16-25)23(32)21-10-11-22(31)29-28-21)15-17-4-3-5-19(14-17)18-6-8-20(26)9-7-18/h3-11,14H,2,12-13,15-16H2,1H3,(H,27,33)(H,29,31)/t25-/m0/s1. The van der Waals surface area contributed by atoms with Crippen molar-refractivity contribution < 1.29 is 14.0 Å². The van der Waals surface area contributed by atoms with Crippen molar-refractivity contribution in [3.63, 3.8) is 0 Å². The van der Waals surface area contributed by atoms with Gasteiger partial charge in [-0.05, 0) is 54.7 Å². The van der Waals surface area contributed by atoms with Crippen LogP contribution in [0.2, 0.25) is 0 Å². The molecule has 1 aromatic heterocycles. The first-order valence-corrected chi connectivity index (χ1v) is 10.9. The zero-order valence-corrected chi connectivity index (χ0v) is 18.3. The maximum atomic E-state index is 13.3. The van der Waals surface area contributed by atoms with Gasteiger partial charge in [0.25, 0.3) is 11.5 Å². The van der Waals surface area contributed by atoms with Crippen LogP contribution in [-0.2, 0) is 11.2 Å². The Hall–Kier alpha value is -3.81. The predicted octanol–water partition coefficient (Wildman–Crippen LogP) is 2.79. The van der Waals surface area contributed by atoms with E-state index >= 15 is 0 Å². The summed E-state index contributed by atoms with van der Waals surface area (Å²) in [7, 11) is 0. The lowest BCUT2D eigenvalue weighted by Crippen LogP contribution is -2.45. The Morgan fingerprint density at radius 1 is 1.12 bits per heavy atom. The minimum Gasteiger partial charge on any atom is -0.356 e.